The van der Waals surface area contributed by atoms with Gasteiger partial charge in [0.25, 0.3) is 11.6 Å². The number of ether oxygens (including phenoxy) is 1. The molecular formula is C21H14Cl2F3N5O4. The Morgan fingerprint density at radius 2 is 2.00 bits per heavy atom. The highest BCUT2D eigenvalue weighted by Gasteiger charge is 2.44. The predicted octanol–water partition coefficient (Wildman–Crippen LogP) is 4.92. The molecule has 0 radical (unpaired) electrons. The van der Waals surface area contributed by atoms with Gasteiger partial charge in [0.1, 0.15) is 11.4 Å². The number of hydrogen-bond acceptors (Lipinski definition) is 7. The molecule has 1 atom stereocenters. The van der Waals surface area contributed by atoms with Crippen molar-refractivity contribution in [3.63, 3.8) is 0 Å². The van der Waals surface area contributed by atoms with Gasteiger partial charge in [0, 0.05) is 24.4 Å². The lowest BCUT2D eigenvalue weighted by atomic mass is 10.1. The molecule has 3 aromatic heterocycles. The van der Waals surface area contributed by atoms with Gasteiger partial charge in [-0.2, -0.15) is 18.2 Å². The quantitative estimate of drug-likeness (QED) is 0.375. The van der Waals surface area contributed by atoms with E-state index >= 15 is 0 Å². The third-order valence-corrected chi connectivity index (χ3v) is 6.00. The number of rotatable bonds is 5. The summed E-state index contributed by atoms with van der Waals surface area (Å²) in [4.78, 5) is 20.1. The van der Waals surface area contributed by atoms with Gasteiger partial charge in [-0.1, -0.05) is 28.4 Å². The van der Waals surface area contributed by atoms with Crippen molar-refractivity contribution in [3.8, 4) is 28.7 Å². The van der Waals surface area contributed by atoms with Gasteiger partial charge >= 0.3 is 12.1 Å². The van der Waals surface area contributed by atoms with Crippen molar-refractivity contribution in [1.82, 2.24) is 24.8 Å². The summed E-state index contributed by atoms with van der Waals surface area (Å²) in [7, 11) is 0. The highest BCUT2D eigenvalue weighted by molar-refractivity contribution is 6.33. The SMILES string of the molecule is O=C(O)[C@@]1(Oc2ccc(-c3noc(-c4cn5cc(C(F)(F)F)cc(Cl)c5n4)n3)c(Cl)c2)CCCN1. The molecule has 0 saturated carbocycles. The Kier molecular flexibility index (Phi) is 5.61. The third kappa shape index (κ3) is 4.28. The normalized spacial score (nSPS) is 18.3. The highest BCUT2D eigenvalue weighted by atomic mass is 35.5. The highest BCUT2D eigenvalue weighted by Crippen LogP contribution is 2.35. The minimum absolute atomic E-state index is 0.0651. The predicted molar refractivity (Wildman–Crippen MR) is 117 cm³/mol. The summed E-state index contributed by atoms with van der Waals surface area (Å²) in [5, 5.41) is 16.2. The molecule has 1 aromatic carbocycles. The monoisotopic (exact) mass is 527 g/mol. The first kappa shape index (κ1) is 23.4. The number of imidazole rings is 1. The Morgan fingerprint density at radius 1 is 1.20 bits per heavy atom. The second kappa shape index (κ2) is 8.40. The van der Waals surface area contributed by atoms with Crippen LogP contribution in [0.3, 0.4) is 0 Å². The number of benzene rings is 1. The topological polar surface area (TPSA) is 115 Å². The maximum atomic E-state index is 13.1. The minimum Gasteiger partial charge on any atom is -0.477 e. The summed E-state index contributed by atoms with van der Waals surface area (Å²) >= 11 is 12.3. The summed E-state index contributed by atoms with van der Waals surface area (Å²) in [6, 6.07) is 5.27. The first-order valence-corrected chi connectivity index (χ1v) is 10.9. The standard InChI is InChI=1S/C21H14Cl2F3N5O4/c22-13-7-11(34-20(19(32)33)4-1-5-27-20)2-3-12(13)16-29-18(35-30-16)15-9-31-8-10(21(24,25)26)6-14(23)17(31)28-15/h2-3,6-9,27H,1,4-5H2,(H,32,33)/t20-/m0/s1. The van der Waals surface area contributed by atoms with Crippen LogP contribution in [0.4, 0.5) is 13.2 Å². The fraction of sp³-hybridized carbons (Fsp3) is 0.238. The lowest BCUT2D eigenvalue weighted by Gasteiger charge is -2.26. The first-order valence-electron chi connectivity index (χ1n) is 10.1. The summed E-state index contributed by atoms with van der Waals surface area (Å²) in [6.45, 7) is 0.509. The number of halogens is 5. The molecule has 2 N–H and O–H groups in total. The van der Waals surface area contributed by atoms with Crippen molar-refractivity contribution in [1.29, 1.82) is 0 Å². The number of fused-ring (bicyclic) bond motifs is 1. The number of aromatic nitrogens is 4. The van der Waals surface area contributed by atoms with E-state index in [1.165, 1.54) is 24.4 Å². The molecule has 0 aliphatic carbocycles. The van der Waals surface area contributed by atoms with Crippen LogP contribution in [-0.2, 0) is 11.0 Å². The zero-order valence-corrected chi connectivity index (χ0v) is 18.9. The lowest BCUT2D eigenvalue weighted by molar-refractivity contribution is -0.157. The van der Waals surface area contributed by atoms with Crippen LogP contribution in [0.1, 0.15) is 18.4 Å². The van der Waals surface area contributed by atoms with E-state index in [1.807, 2.05) is 0 Å². The van der Waals surface area contributed by atoms with E-state index in [0.29, 0.717) is 24.9 Å². The average Bonchev–Trinajstić information content (AvgIpc) is 3.53. The number of hydrogen-bond donors (Lipinski definition) is 2. The Balaban J connectivity index is 1.43. The van der Waals surface area contributed by atoms with Crippen LogP contribution >= 0.6 is 23.2 Å². The molecule has 4 aromatic rings. The third-order valence-electron chi connectivity index (χ3n) is 5.41. The zero-order valence-electron chi connectivity index (χ0n) is 17.4. The van der Waals surface area contributed by atoms with Gasteiger partial charge in [0.05, 0.1) is 15.6 Å². The molecule has 1 aliphatic heterocycles. The van der Waals surface area contributed by atoms with E-state index < -0.39 is 23.4 Å². The van der Waals surface area contributed by atoms with E-state index in [1.54, 1.807) is 0 Å². The number of carboxylic acids is 1. The molecule has 35 heavy (non-hydrogen) atoms. The van der Waals surface area contributed by atoms with E-state index in [-0.39, 0.29) is 38.9 Å². The van der Waals surface area contributed by atoms with Gasteiger partial charge < -0.3 is 18.8 Å². The molecule has 0 spiro atoms. The zero-order chi connectivity index (χ0) is 25.0. The fourth-order valence-electron chi connectivity index (χ4n) is 3.72. The van der Waals surface area contributed by atoms with E-state index in [2.05, 4.69) is 20.4 Å². The Bertz CT molecular complexity index is 1450. The Labute approximate surface area is 204 Å². The van der Waals surface area contributed by atoms with Gasteiger partial charge in [0.15, 0.2) is 5.65 Å². The molecule has 5 rings (SSSR count). The van der Waals surface area contributed by atoms with Crippen molar-refractivity contribution >= 4 is 34.8 Å². The molecule has 9 nitrogen and oxygen atoms in total. The molecule has 1 aliphatic rings. The second-order valence-corrected chi connectivity index (χ2v) is 8.58. The van der Waals surface area contributed by atoms with Crippen LogP contribution in [-0.4, -0.2) is 42.9 Å². The average molecular weight is 528 g/mol. The van der Waals surface area contributed by atoms with Gasteiger partial charge in [-0.25, -0.2) is 9.78 Å². The van der Waals surface area contributed by atoms with Crippen LogP contribution in [0.2, 0.25) is 10.0 Å². The largest absolute Gasteiger partial charge is 0.477 e. The molecule has 0 amide bonds. The van der Waals surface area contributed by atoms with Crippen LogP contribution in [0, 0.1) is 0 Å². The Hall–Kier alpha value is -3.35. The van der Waals surface area contributed by atoms with Crippen LogP contribution in [0.15, 0.2) is 41.2 Å². The second-order valence-electron chi connectivity index (χ2n) is 7.76. The number of pyridine rings is 1. The minimum atomic E-state index is -4.58. The number of carbonyl (C=O) groups is 1. The first-order chi connectivity index (χ1) is 16.6. The molecule has 1 saturated heterocycles. The summed E-state index contributed by atoms with van der Waals surface area (Å²) in [5.74, 6) is -0.880. The smallest absolute Gasteiger partial charge is 0.417 e. The van der Waals surface area contributed by atoms with Gasteiger partial charge in [-0.15, -0.1) is 0 Å². The van der Waals surface area contributed by atoms with Gasteiger partial charge in [-0.3, -0.25) is 5.32 Å². The number of aliphatic carboxylic acids is 1. The maximum absolute atomic E-state index is 13.1. The maximum Gasteiger partial charge on any atom is 0.417 e. The van der Waals surface area contributed by atoms with Crippen LogP contribution in [0.25, 0.3) is 28.6 Å². The van der Waals surface area contributed by atoms with E-state index in [0.717, 1.165) is 16.7 Å². The number of nitrogens with one attached hydrogen (secondary N) is 1. The van der Waals surface area contributed by atoms with E-state index in [9.17, 15) is 23.1 Å². The fourth-order valence-corrected chi connectivity index (χ4v) is 4.24. The molecule has 182 valence electrons. The number of carboxylic acid groups (broad SMARTS) is 1. The van der Waals surface area contributed by atoms with Gasteiger partial charge in [0.2, 0.25) is 5.82 Å². The van der Waals surface area contributed by atoms with Crippen molar-refractivity contribution in [2.75, 3.05) is 6.54 Å². The molecule has 4 heterocycles. The van der Waals surface area contributed by atoms with Crippen LogP contribution in [0.5, 0.6) is 5.75 Å². The Morgan fingerprint density at radius 3 is 2.66 bits per heavy atom. The molecule has 14 heteroatoms. The van der Waals surface area contributed by atoms with Crippen molar-refractivity contribution in [2.24, 2.45) is 0 Å². The van der Waals surface area contributed by atoms with E-state index in [4.69, 9.17) is 32.5 Å². The summed E-state index contributed by atoms with van der Waals surface area (Å²) in [5.41, 5.74) is -1.91. The van der Waals surface area contributed by atoms with Crippen LogP contribution < -0.4 is 10.1 Å². The summed E-state index contributed by atoms with van der Waals surface area (Å²) in [6.07, 6.45) is -1.50. The van der Waals surface area contributed by atoms with Crippen molar-refractivity contribution in [2.45, 2.75) is 24.7 Å². The molecule has 1 fully saturated rings. The van der Waals surface area contributed by atoms with Crippen molar-refractivity contribution in [3.05, 3.63) is 52.3 Å². The number of alkyl halides is 3. The molecule has 0 unspecified atom stereocenters. The number of nitrogens with zero attached hydrogens (tertiary/aromatic N) is 4. The summed E-state index contributed by atoms with van der Waals surface area (Å²) < 4.78 is 51.2. The molecule has 0 bridgehead atoms. The van der Waals surface area contributed by atoms with Gasteiger partial charge in [-0.05, 0) is 37.2 Å². The lowest BCUT2D eigenvalue weighted by Crippen LogP contribution is -2.52. The molecular weight excluding hydrogens is 514 g/mol. The van der Waals surface area contributed by atoms with Crippen molar-refractivity contribution < 1.29 is 32.3 Å².